The average molecular weight is 301 g/mol. The fourth-order valence-corrected chi connectivity index (χ4v) is 2.04. The van der Waals surface area contributed by atoms with Gasteiger partial charge in [-0.3, -0.25) is 10.1 Å². The van der Waals surface area contributed by atoms with E-state index in [-0.39, 0.29) is 10.6 Å². The van der Waals surface area contributed by atoms with Crippen molar-refractivity contribution in [2.75, 3.05) is 5.32 Å². The van der Waals surface area contributed by atoms with E-state index >= 15 is 0 Å². The van der Waals surface area contributed by atoms with Crippen LogP contribution < -0.4 is 5.32 Å². The van der Waals surface area contributed by atoms with Crippen LogP contribution in [-0.2, 0) is 0 Å². The summed E-state index contributed by atoms with van der Waals surface area (Å²) in [5.74, 6) is 0.478. The van der Waals surface area contributed by atoms with Crippen molar-refractivity contribution in [1.82, 2.24) is 0 Å². The summed E-state index contributed by atoms with van der Waals surface area (Å²) >= 11 is 3.40. The maximum atomic E-state index is 10.7. The van der Waals surface area contributed by atoms with Crippen LogP contribution in [0.2, 0.25) is 0 Å². The van der Waals surface area contributed by atoms with Crippen LogP contribution in [0.1, 0.15) is 27.2 Å². The molecule has 0 saturated heterocycles. The fourth-order valence-electron chi connectivity index (χ4n) is 1.68. The first-order valence-corrected chi connectivity index (χ1v) is 6.45. The number of nitro benzene ring substituents is 1. The summed E-state index contributed by atoms with van der Waals surface area (Å²) in [4.78, 5) is 10.3. The predicted octanol–water partition coefficient (Wildman–Crippen LogP) is 4.20. The second-order valence-electron chi connectivity index (χ2n) is 4.32. The lowest BCUT2D eigenvalue weighted by atomic mass is 10.0. The molecule has 4 nitrogen and oxygen atoms in total. The SMILES string of the molecule is CCC(Nc1cc([N+](=O)[O-])ccc1Br)C(C)C. The van der Waals surface area contributed by atoms with Gasteiger partial charge in [-0.05, 0) is 34.3 Å². The monoisotopic (exact) mass is 300 g/mol. The number of nitrogens with one attached hydrogen (secondary N) is 1. The van der Waals surface area contributed by atoms with Crippen LogP contribution in [0.3, 0.4) is 0 Å². The molecule has 1 unspecified atom stereocenters. The first-order valence-electron chi connectivity index (χ1n) is 5.66. The molecule has 1 N–H and O–H groups in total. The van der Waals surface area contributed by atoms with Gasteiger partial charge in [0, 0.05) is 22.6 Å². The predicted molar refractivity (Wildman–Crippen MR) is 73.3 cm³/mol. The minimum absolute atomic E-state index is 0.106. The molecule has 17 heavy (non-hydrogen) atoms. The quantitative estimate of drug-likeness (QED) is 0.655. The summed E-state index contributed by atoms with van der Waals surface area (Å²) in [7, 11) is 0. The zero-order valence-electron chi connectivity index (χ0n) is 10.2. The number of rotatable bonds is 5. The van der Waals surface area contributed by atoms with Gasteiger partial charge in [0.25, 0.3) is 5.69 Å². The van der Waals surface area contributed by atoms with Crippen molar-refractivity contribution < 1.29 is 4.92 Å². The van der Waals surface area contributed by atoms with E-state index in [1.54, 1.807) is 12.1 Å². The number of hydrogen-bond donors (Lipinski definition) is 1. The number of anilines is 1. The molecule has 0 heterocycles. The minimum atomic E-state index is -0.381. The van der Waals surface area contributed by atoms with Gasteiger partial charge in [-0.15, -0.1) is 0 Å². The standard InChI is InChI=1S/C12H17BrN2O2/c1-4-11(8(2)3)14-12-7-9(15(16)17)5-6-10(12)13/h5-8,11,14H,4H2,1-3H3. The van der Waals surface area contributed by atoms with Crippen LogP contribution in [0.4, 0.5) is 11.4 Å². The Hall–Kier alpha value is -1.10. The number of nitro groups is 1. The van der Waals surface area contributed by atoms with Crippen molar-refractivity contribution in [2.45, 2.75) is 33.2 Å². The third kappa shape index (κ3) is 3.70. The molecular formula is C12H17BrN2O2. The number of benzene rings is 1. The second kappa shape index (κ2) is 6.00. The van der Waals surface area contributed by atoms with Gasteiger partial charge < -0.3 is 5.32 Å². The molecule has 0 fully saturated rings. The summed E-state index contributed by atoms with van der Waals surface area (Å²) in [6.45, 7) is 6.36. The lowest BCUT2D eigenvalue weighted by Gasteiger charge is -2.22. The Labute approximate surface area is 110 Å². The summed E-state index contributed by atoms with van der Waals surface area (Å²) in [6, 6.07) is 5.07. The number of nitrogens with zero attached hydrogens (tertiary/aromatic N) is 1. The van der Waals surface area contributed by atoms with Crippen LogP contribution in [0.5, 0.6) is 0 Å². The topological polar surface area (TPSA) is 55.2 Å². The van der Waals surface area contributed by atoms with Crippen LogP contribution in [0.15, 0.2) is 22.7 Å². The molecule has 0 radical (unpaired) electrons. The molecule has 1 rings (SSSR count). The molecule has 1 aromatic rings. The van der Waals surface area contributed by atoms with Crippen molar-refractivity contribution in [3.8, 4) is 0 Å². The van der Waals surface area contributed by atoms with Crippen LogP contribution in [0, 0.1) is 16.0 Å². The van der Waals surface area contributed by atoms with Crippen molar-refractivity contribution >= 4 is 27.3 Å². The first-order chi connectivity index (χ1) is 7.95. The number of halogens is 1. The van der Waals surface area contributed by atoms with Gasteiger partial charge in [-0.2, -0.15) is 0 Å². The highest BCUT2D eigenvalue weighted by molar-refractivity contribution is 9.10. The molecule has 5 heteroatoms. The number of non-ortho nitro benzene ring substituents is 1. The largest absolute Gasteiger partial charge is 0.381 e. The average Bonchev–Trinajstić information content (AvgIpc) is 2.27. The smallest absolute Gasteiger partial charge is 0.271 e. The highest BCUT2D eigenvalue weighted by atomic mass is 79.9. The van der Waals surface area contributed by atoms with E-state index < -0.39 is 0 Å². The van der Waals surface area contributed by atoms with Crippen LogP contribution >= 0.6 is 15.9 Å². The maximum absolute atomic E-state index is 10.7. The molecule has 94 valence electrons. The molecule has 0 saturated carbocycles. The molecule has 1 atom stereocenters. The van der Waals surface area contributed by atoms with E-state index in [1.165, 1.54) is 6.07 Å². The summed E-state index contributed by atoms with van der Waals surface area (Å²) in [5, 5.41) is 14.1. The molecule has 0 spiro atoms. The van der Waals surface area contributed by atoms with E-state index in [0.29, 0.717) is 12.0 Å². The Morgan fingerprint density at radius 3 is 2.59 bits per heavy atom. The van der Waals surface area contributed by atoms with Gasteiger partial charge in [0.1, 0.15) is 0 Å². The van der Waals surface area contributed by atoms with Crippen molar-refractivity contribution in [3.63, 3.8) is 0 Å². The highest BCUT2D eigenvalue weighted by Gasteiger charge is 2.14. The fraction of sp³-hybridized carbons (Fsp3) is 0.500. The summed E-state index contributed by atoms with van der Waals surface area (Å²) in [5.41, 5.74) is 0.883. The zero-order valence-corrected chi connectivity index (χ0v) is 11.8. The maximum Gasteiger partial charge on any atom is 0.271 e. The van der Waals surface area contributed by atoms with Gasteiger partial charge in [-0.1, -0.05) is 20.8 Å². The third-order valence-electron chi connectivity index (χ3n) is 2.75. The van der Waals surface area contributed by atoms with E-state index in [0.717, 1.165) is 16.6 Å². The second-order valence-corrected chi connectivity index (χ2v) is 5.18. The van der Waals surface area contributed by atoms with E-state index in [4.69, 9.17) is 0 Å². The first kappa shape index (κ1) is 14.0. The Kier molecular flexibility index (Phi) is 4.93. The molecule has 0 aliphatic rings. The van der Waals surface area contributed by atoms with Gasteiger partial charge in [0.15, 0.2) is 0 Å². The van der Waals surface area contributed by atoms with Crippen LogP contribution in [-0.4, -0.2) is 11.0 Å². The Morgan fingerprint density at radius 1 is 1.47 bits per heavy atom. The van der Waals surface area contributed by atoms with E-state index in [9.17, 15) is 10.1 Å². The molecule has 0 aliphatic carbocycles. The normalized spacial score (nSPS) is 12.5. The molecule has 0 bridgehead atoms. The highest BCUT2D eigenvalue weighted by Crippen LogP contribution is 2.28. The Balaban J connectivity index is 2.96. The van der Waals surface area contributed by atoms with Gasteiger partial charge in [-0.25, -0.2) is 0 Å². The van der Waals surface area contributed by atoms with E-state index in [2.05, 4.69) is 42.0 Å². The molecule has 0 aromatic heterocycles. The van der Waals surface area contributed by atoms with Gasteiger partial charge in [0.05, 0.1) is 10.6 Å². The molecule has 1 aromatic carbocycles. The lowest BCUT2D eigenvalue weighted by Crippen LogP contribution is -2.24. The summed E-state index contributed by atoms with van der Waals surface area (Å²) < 4.78 is 0.849. The Morgan fingerprint density at radius 2 is 2.12 bits per heavy atom. The molecule has 0 amide bonds. The molecular weight excluding hydrogens is 284 g/mol. The minimum Gasteiger partial charge on any atom is -0.381 e. The van der Waals surface area contributed by atoms with Gasteiger partial charge >= 0.3 is 0 Å². The number of hydrogen-bond acceptors (Lipinski definition) is 3. The van der Waals surface area contributed by atoms with Crippen molar-refractivity contribution in [3.05, 3.63) is 32.8 Å². The lowest BCUT2D eigenvalue weighted by molar-refractivity contribution is -0.384. The van der Waals surface area contributed by atoms with E-state index in [1.807, 2.05) is 0 Å². The zero-order chi connectivity index (χ0) is 13.0. The van der Waals surface area contributed by atoms with Crippen molar-refractivity contribution in [1.29, 1.82) is 0 Å². The third-order valence-corrected chi connectivity index (χ3v) is 3.44. The van der Waals surface area contributed by atoms with Crippen LogP contribution in [0.25, 0.3) is 0 Å². The summed E-state index contributed by atoms with van der Waals surface area (Å²) in [6.07, 6.45) is 0.979. The van der Waals surface area contributed by atoms with Gasteiger partial charge in [0.2, 0.25) is 0 Å². The molecule has 0 aliphatic heterocycles. The van der Waals surface area contributed by atoms with Crippen molar-refractivity contribution in [2.24, 2.45) is 5.92 Å². The Bertz CT molecular complexity index is 407.